The van der Waals surface area contributed by atoms with Crippen molar-refractivity contribution in [3.63, 3.8) is 0 Å². The fourth-order valence-electron chi connectivity index (χ4n) is 5.34. The molecule has 5 nitrogen and oxygen atoms in total. The van der Waals surface area contributed by atoms with Gasteiger partial charge in [0.2, 0.25) is 5.82 Å². The summed E-state index contributed by atoms with van der Waals surface area (Å²) >= 11 is 0. The standard InChI is InChI=1S/C25H24F5N3O2/c26-23(27)35-20-8-7-18(33-12-11-32-22(33)25(28,29)30)13-19(20)17-14-24(34-15-17)9-4-10-31-21(24)16-5-2-1-3-6-16/h1-3,5-8,11-13,17,21,23,31H,4,9-10,14-15H2. The van der Waals surface area contributed by atoms with Crippen LogP contribution in [0.3, 0.4) is 0 Å². The molecule has 1 aromatic heterocycles. The molecule has 2 fully saturated rings. The summed E-state index contributed by atoms with van der Waals surface area (Å²) in [6.45, 7) is -2.00. The van der Waals surface area contributed by atoms with E-state index in [-0.39, 0.29) is 30.0 Å². The quantitative estimate of drug-likeness (QED) is 0.453. The van der Waals surface area contributed by atoms with E-state index in [1.54, 1.807) is 0 Å². The lowest BCUT2D eigenvalue weighted by atomic mass is 9.77. The van der Waals surface area contributed by atoms with Crippen molar-refractivity contribution in [3.8, 4) is 11.4 Å². The first-order valence-electron chi connectivity index (χ1n) is 11.4. The number of aromatic nitrogens is 2. The lowest BCUT2D eigenvalue weighted by Crippen LogP contribution is -2.48. The molecule has 0 bridgehead atoms. The third-order valence-corrected chi connectivity index (χ3v) is 6.77. The van der Waals surface area contributed by atoms with Crippen molar-refractivity contribution in [3.05, 3.63) is 77.9 Å². The Bertz CT molecular complexity index is 1170. The number of nitrogens with one attached hydrogen (secondary N) is 1. The van der Waals surface area contributed by atoms with Gasteiger partial charge < -0.3 is 14.8 Å². The number of halogens is 5. The van der Waals surface area contributed by atoms with E-state index >= 15 is 0 Å². The Hall–Kier alpha value is -2.98. The zero-order valence-corrected chi connectivity index (χ0v) is 18.6. The molecule has 35 heavy (non-hydrogen) atoms. The number of hydrogen-bond donors (Lipinski definition) is 1. The number of rotatable bonds is 5. The van der Waals surface area contributed by atoms with Gasteiger partial charge in [-0.25, -0.2) is 4.98 Å². The molecule has 2 saturated heterocycles. The zero-order valence-electron chi connectivity index (χ0n) is 18.6. The predicted molar refractivity (Wildman–Crippen MR) is 118 cm³/mol. The third-order valence-electron chi connectivity index (χ3n) is 6.77. The molecule has 3 atom stereocenters. The second kappa shape index (κ2) is 9.23. The topological polar surface area (TPSA) is 48.3 Å². The van der Waals surface area contributed by atoms with Crippen molar-refractivity contribution in [1.82, 2.24) is 14.9 Å². The number of piperidine rings is 1. The van der Waals surface area contributed by atoms with Crippen molar-refractivity contribution < 1.29 is 31.4 Å². The Morgan fingerprint density at radius 3 is 2.69 bits per heavy atom. The summed E-state index contributed by atoms with van der Waals surface area (Å²) < 4.78 is 78.7. The monoisotopic (exact) mass is 493 g/mol. The highest BCUT2D eigenvalue weighted by atomic mass is 19.4. The van der Waals surface area contributed by atoms with Crippen LogP contribution in [0.5, 0.6) is 5.75 Å². The van der Waals surface area contributed by atoms with E-state index in [9.17, 15) is 22.0 Å². The molecule has 2 aromatic carbocycles. The Morgan fingerprint density at radius 2 is 1.94 bits per heavy atom. The minimum Gasteiger partial charge on any atom is -0.435 e. The van der Waals surface area contributed by atoms with Gasteiger partial charge in [-0.15, -0.1) is 0 Å². The highest BCUT2D eigenvalue weighted by Gasteiger charge is 2.49. The van der Waals surface area contributed by atoms with Gasteiger partial charge in [0.1, 0.15) is 5.75 Å². The summed E-state index contributed by atoms with van der Waals surface area (Å²) in [5.41, 5.74) is 1.06. The van der Waals surface area contributed by atoms with Crippen molar-refractivity contribution in [1.29, 1.82) is 0 Å². The van der Waals surface area contributed by atoms with Crippen LogP contribution in [0.4, 0.5) is 22.0 Å². The maximum Gasteiger partial charge on any atom is 0.450 e. The van der Waals surface area contributed by atoms with E-state index in [0.717, 1.165) is 35.7 Å². The van der Waals surface area contributed by atoms with Crippen LogP contribution < -0.4 is 10.1 Å². The fourth-order valence-corrected chi connectivity index (χ4v) is 5.34. The molecule has 3 aromatic rings. The summed E-state index contributed by atoms with van der Waals surface area (Å²) in [5, 5.41) is 3.53. The van der Waals surface area contributed by atoms with Crippen LogP contribution >= 0.6 is 0 Å². The van der Waals surface area contributed by atoms with Gasteiger partial charge in [0, 0.05) is 29.6 Å². The molecule has 0 aliphatic carbocycles. The molecule has 2 aliphatic rings. The smallest absolute Gasteiger partial charge is 0.435 e. The molecule has 10 heteroatoms. The SMILES string of the molecule is FC(F)Oc1ccc(-n2ccnc2C(F)(F)F)cc1C1COC2(CCCNC2c2ccccc2)C1. The highest BCUT2D eigenvalue weighted by Crippen LogP contribution is 2.50. The molecule has 2 aliphatic heterocycles. The highest BCUT2D eigenvalue weighted by molar-refractivity contribution is 5.47. The minimum atomic E-state index is -4.67. The Balaban J connectivity index is 1.51. The Labute approximate surface area is 198 Å². The molecule has 0 radical (unpaired) electrons. The van der Waals surface area contributed by atoms with E-state index in [1.165, 1.54) is 24.4 Å². The summed E-state index contributed by atoms with van der Waals surface area (Å²) in [6.07, 6.45) is -0.241. The molecule has 5 rings (SSSR count). The van der Waals surface area contributed by atoms with Crippen molar-refractivity contribution >= 4 is 0 Å². The average molecular weight is 493 g/mol. The molecular weight excluding hydrogens is 469 g/mol. The summed E-state index contributed by atoms with van der Waals surface area (Å²) in [6, 6.07) is 13.9. The van der Waals surface area contributed by atoms with E-state index in [2.05, 4.69) is 10.3 Å². The second-order valence-electron chi connectivity index (χ2n) is 8.90. The van der Waals surface area contributed by atoms with Gasteiger partial charge in [-0.2, -0.15) is 22.0 Å². The predicted octanol–water partition coefficient (Wildman–Crippen LogP) is 5.86. The maximum atomic E-state index is 13.4. The average Bonchev–Trinajstić information content (AvgIpc) is 3.48. The molecule has 186 valence electrons. The van der Waals surface area contributed by atoms with Crippen LogP contribution in [0.1, 0.15) is 48.2 Å². The zero-order chi connectivity index (χ0) is 24.6. The van der Waals surface area contributed by atoms with E-state index in [0.29, 0.717) is 12.0 Å². The summed E-state index contributed by atoms with van der Waals surface area (Å²) in [5.74, 6) is -1.50. The van der Waals surface area contributed by atoms with Crippen LogP contribution in [0, 0.1) is 0 Å². The number of hydrogen-bond acceptors (Lipinski definition) is 4. The normalized spacial score (nSPS) is 24.9. The molecule has 0 amide bonds. The van der Waals surface area contributed by atoms with Crippen molar-refractivity contribution in [2.24, 2.45) is 0 Å². The first-order valence-corrected chi connectivity index (χ1v) is 11.4. The number of benzene rings is 2. The van der Waals surface area contributed by atoms with E-state index in [1.807, 2.05) is 30.3 Å². The fraction of sp³-hybridized carbons (Fsp3) is 0.400. The molecular formula is C25H24F5N3O2. The first-order chi connectivity index (χ1) is 16.8. The Morgan fingerprint density at radius 1 is 1.14 bits per heavy atom. The van der Waals surface area contributed by atoms with Crippen LogP contribution in [-0.4, -0.2) is 34.9 Å². The molecule has 0 saturated carbocycles. The number of alkyl halides is 5. The van der Waals surface area contributed by atoms with Crippen LogP contribution in [0.2, 0.25) is 0 Å². The van der Waals surface area contributed by atoms with Crippen molar-refractivity contribution in [2.75, 3.05) is 13.2 Å². The van der Waals surface area contributed by atoms with Crippen molar-refractivity contribution in [2.45, 2.75) is 49.6 Å². The number of imidazole rings is 1. The van der Waals surface area contributed by atoms with Gasteiger partial charge in [-0.3, -0.25) is 4.57 Å². The third kappa shape index (κ3) is 4.64. The van der Waals surface area contributed by atoms with E-state index < -0.39 is 24.2 Å². The number of nitrogens with zero attached hydrogens (tertiary/aromatic N) is 2. The van der Waals surface area contributed by atoms with E-state index in [4.69, 9.17) is 9.47 Å². The van der Waals surface area contributed by atoms with Gasteiger partial charge in [0.05, 0.1) is 18.2 Å². The van der Waals surface area contributed by atoms with Gasteiger partial charge >= 0.3 is 12.8 Å². The second-order valence-corrected chi connectivity index (χ2v) is 8.90. The molecule has 1 N–H and O–H groups in total. The Kier molecular flexibility index (Phi) is 6.27. The lowest BCUT2D eigenvalue weighted by Gasteiger charge is -2.41. The first kappa shape index (κ1) is 23.7. The summed E-state index contributed by atoms with van der Waals surface area (Å²) in [4.78, 5) is 3.43. The van der Waals surface area contributed by atoms with Gasteiger partial charge in [-0.05, 0) is 49.6 Å². The molecule has 1 spiro atoms. The van der Waals surface area contributed by atoms with Crippen LogP contribution in [0.25, 0.3) is 5.69 Å². The molecule has 3 heterocycles. The van der Waals surface area contributed by atoms with Gasteiger partial charge in [0.15, 0.2) is 0 Å². The van der Waals surface area contributed by atoms with Gasteiger partial charge in [0.25, 0.3) is 0 Å². The number of ether oxygens (including phenoxy) is 2. The van der Waals surface area contributed by atoms with Gasteiger partial charge in [-0.1, -0.05) is 30.3 Å². The van der Waals surface area contributed by atoms with Crippen LogP contribution in [-0.2, 0) is 10.9 Å². The maximum absolute atomic E-state index is 13.4. The minimum absolute atomic E-state index is 0.0666. The lowest BCUT2D eigenvalue weighted by molar-refractivity contribution is -0.145. The largest absolute Gasteiger partial charge is 0.450 e. The van der Waals surface area contributed by atoms with Crippen LogP contribution in [0.15, 0.2) is 60.9 Å². The molecule has 3 unspecified atom stereocenters. The summed E-state index contributed by atoms with van der Waals surface area (Å²) in [7, 11) is 0.